The van der Waals surface area contributed by atoms with E-state index in [1.165, 1.54) is 6.92 Å². The van der Waals surface area contributed by atoms with Gasteiger partial charge in [-0.25, -0.2) is 4.79 Å². The van der Waals surface area contributed by atoms with E-state index in [0.29, 0.717) is 19.4 Å². The van der Waals surface area contributed by atoms with Crippen LogP contribution in [0.25, 0.3) is 0 Å². The van der Waals surface area contributed by atoms with Gasteiger partial charge in [-0.05, 0) is 80.1 Å². The molecule has 0 aromatic carbocycles. The van der Waals surface area contributed by atoms with Gasteiger partial charge in [0.2, 0.25) is 0 Å². The summed E-state index contributed by atoms with van der Waals surface area (Å²) < 4.78 is 10.7. The van der Waals surface area contributed by atoms with Crippen LogP contribution in [0.3, 0.4) is 0 Å². The van der Waals surface area contributed by atoms with E-state index in [2.05, 4.69) is 13.8 Å². The molecule has 0 bridgehead atoms. The first-order valence-corrected chi connectivity index (χ1v) is 12.0. The predicted molar refractivity (Wildman–Crippen MR) is 113 cm³/mol. The Labute approximate surface area is 184 Å². The second-order valence-electron chi connectivity index (χ2n) is 11.5. The Balaban J connectivity index is 1.43. The van der Waals surface area contributed by atoms with Crippen LogP contribution in [0.2, 0.25) is 0 Å². The van der Waals surface area contributed by atoms with Crippen LogP contribution >= 0.6 is 0 Å². The number of cyclic esters (lactones) is 1. The van der Waals surface area contributed by atoms with E-state index in [1.807, 2.05) is 0 Å². The molecule has 0 spiro atoms. The molecule has 4 aliphatic carbocycles. The fourth-order valence-electron chi connectivity index (χ4n) is 8.70. The van der Waals surface area contributed by atoms with E-state index in [0.717, 1.165) is 50.5 Å². The summed E-state index contributed by atoms with van der Waals surface area (Å²) in [5.41, 5.74) is -1.16. The molecule has 6 heteroatoms. The Bertz CT molecular complexity index is 836. The maximum absolute atomic E-state index is 12.2. The summed E-state index contributed by atoms with van der Waals surface area (Å²) >= 11 is 0. The molecule has 8 unspecified atom stereocenters. The van der Waals surface area contributed by atoms with Gasteiger partial charge in [-0.2, -0.15) is 0 Å². The van der Waals surface area contributed by atoms with Gasteiger partial charge in [0.1, 0.15) is 12.7 Å². The molecule has 6 nitrogen and oxygen atoms in total. The second-order valence-corrected chi connectivity index (χ2v) is 11.5. The molecule has 4 saturated carbocycles. The lowest BCUT2D eigenvalue weighted by molar-refractivity contribution is -0.256. The molecule has 0 radical (unpaired) electrons. The minimum absolute atomic E-state index is 0.144. The Morgan fingerprint density at radius 1 is 1.03 bits per heavy atom. The van der Waals surface area contributed by atoms with E-state index >= 15 is 0 Å². The molecule has 5 rings (SSSR count). The van der Waals surface area contributed by atoms with Crippen LogP contribution in [0.1, 0.15) is 78.6 Å². The van der Waals surface area contributed by atoms with Gasteiger partial charge in [0, 0.05) is 24.8 Å². The fraction of sp³-hybridized carbons (Fsp3) is 0.840. The number of fused-ring (bicyclic) bond motifs is 5. The number of carbonyl (C=O) groups excluding carboxylic acids is 2. The van der Waals surface area contributed by atoms with Crippen molar-refractivity contribution in [2.45, 2.75) is 95.9 Å². The van der Waals surface area contributed by atoms with Crippen LogP contribution in [0, 0.1) is 28.6 Å². The average molecular weight is 433 g/mol. The first-order valence-electron chi connectivity index (χ1n) is 12.0. The highest BCUT2D eigenvalue weighted by molar-refractivity contribution is 5.85. The summed E-state index contributed by atoms with van der Waals surface area (Å²) in [6.07, 6.45) is 8.41. The molecule has 2 N–H and O–H groups in total. The normalized spacial score (nSPS) is 51.3. The largest absolute Gasteiger partial charge is 0.462 e. The summed E-state index contributed by atoms with van der Waals surface area (Å²) in [6, 6.07) is 0. The van der Waals surface area contributed by atoms with Crippen molar-refractivity contribution in [1.82, 2.24) is 0 Å². The Kier molecular flexibility index (Phi) is 4.70. The van der Waals surface area contributed by atoms with Crippen LogP contribution in [0.15, 0.2) is 11.6 Å². The van der Waals surface area contributed by atoms with E-state index < -0.39 is 11.2 Å². The van der Waals surface area contributed by atoms with Gasteiger partial charge in [-0.15, -0.1) is 0 Å². The van der Waals surface area contributed by atoms with Crippen molar-refractivity contribution in [3.63, 3.8) is 0 Å². The Morgan fingerprint density at radius 3 is 2.42 bits per heavy atom. The molecular weight excluding hydrogens is 396 g/mol. The highest BCUT2D eigenvalue weighted by Gasteiger charge is 2.70. The molecule has 1 heterocycles. The molecule has 172 valence electrons. The SMILES string of the molecule is CC(=O)OC1CCC2(C)C3CCC4(C)C(C5=CC(=O)OC5)CCC4(O)C3CCC2(O)C1. The van der Waals surface area contributed by atoms with Gasteiger partial charge in [0.25, 0.3) is 0 Å². The van der Waals surface area contributed by atoms with Crippen LogP contribution in [-0.2, 0) is 19.1 Å². The van der Waals surface area contributed by atoms with Crippen molar-refractivity contribution in [3.05, 3.63) is 11.6 Å². The number of rotatable bonds is 2. The molecule has 31 heavy (non-hydrogen) atoms. The third-order valence-electron chi connectivity index (χ3n) is 10.4. The Hall–Kier alpha value is -1.40. The van der Waals surface area contributed by atoms with Gasteiger partial charge in [0.15, 0.2) is 0 Å². The van der Waals surface area contributed by atoms with Gasteiger partial charge >= 0.3 is 11.9 Å². The van der Waals surface area contributed by atoms with Gasteiger partial charge in [0.05, 0.1) is 11.2 Å². The molecule has 8 atom stereocenters. The van der Waals surface area contributed by atoms with Crippen LogP contribution < -0.4 is 0 Å². The first kappa shape index (κ1) is 21.4. The molecule has 0 saturated heterocycles. The van der Waals surface area contributed by atoms with Crippen molar-refractivity contribution in [3.8, 4) is 0 Å². The van der Waals surface area contributed by atoms with E-state index in [-0.39, 0.29) is 46.6 Å². The highest BCUT2D eigenvalue weighted by Crippen LogP contribution is 2.70. The molecule has 0 amide bonds. The fourth-order valence-corrected chi connectivity index (χ4v) is 8.70. The monoisotopic (exact) mass is 432 g/mol. The third kappa shape index (κ3) is 2.83. The van der Waals surface area contributed by atoms with Crippen LogP contribution in [0.5, 0.6) is 0 Å². The van der Waals surface area contributed by atoms with Crippen LogP contribution in [0.4, 0.5) is 0 Å². The maximum Gasteiger partial charge on any atom is 0.331 e. The zero-order valence-electron chi connectivity index (χ0n) is 19.0. The van der Waals surface area contributed by atoms with Crippen molar-refractivity contribution in [2.75, 3.05) is 6.61 Å². The number of ether oxygens (including phenoxy) is 2. The topological polar surface area (TPSA) is 93.1 Å². The lowest BCUT2D eigenvalue weighted by atomic mass is 9.42. The average Bonchev–Trinajstić information content (AvgIpc) is 3.22. The quantitative estimate of drug-likeness (QED) is 0.651. The lowest BCUT2D eigenvalue weighted by Gasteiger charge is -2.66. The zero-order valence-corrected chi connectivity index (χ0v) is 19.0. The standard InChI is InChI=1S/C25H36O6/c1-15(26)31-17-4-8-22(2)19-5-9-23(3)18(16-12-21(27)30-14-16)7-11-25(23,29)20(19)6-10-24(22,28)13-17/h12,17-20,28-29H,4-11,13-14H2,1-3H3. The van der Waals surface area contributed by atoms with E-state index in [1.54, 1.807) is 6.08 Å². The van der Waals surface area contributed by atoms with Crippen molar-refractivity contribution >= 4 is 11.9 Å². The number of hydrogen-bond acceptors (Lipinski definition) is 6. The van der Waals surface area contributed by atoms with Gasteiger partial charge in [-0.1, -0.05) is 13.8 Å². The van der Waals surface area contributed by atoms with E-state index in [4.69, 9.17) is 9.47 Å². The van der Waals surface area contributed by atoms with Crippen molar-refractivity contribution in [1.29, 1.82) is 0 Å². The zero-order chi connectivity index (χ0) is 22.2. The predicted octanol–water partition coefficient (Wildman–Crippen LogP) is 3.29. The van der Waals surface area contributed by atoms with Crippen molar-refractivity contribution in [2.24, 2.45) is 28.6 Å². The highest BCUT2D eigenvalue weighted by atomic mass is 16.5. The molecule has 0 aromatic rings. The summed E-state index contributed by atoms with van der Waals surface area (Å²) in [5.74, 6) is 0.0252. The molecule has 0 aromatic heterocycles. The second kappa shape index (κ2) is 6.80. The summed E-state index contributed by atoms with van der Waals surface area (Å²) in [5, 5.41) is 24.0. The molecule has 5 aliphatic rings. The number of carbonyl (C=O) groups is 2. The molecule has 1 aliphatic heterocycles. The Morgan fingerprint density at radius 2 is 1.74 bits per heavy atom. The first-order chi connectivity index (χ1) is 14.5. The smallest absolute Gasteiger partial charge is 0.331 e. The number of esters is 2. The van der Waals surface area contributed by atoms with Gasteiger partial charge in [-0.3, -0.25) is 4.79 Å². The summed E-state index contributed by atoms with van der Waals surface area (Å²) in [7, 11) is 0. The third-order valence-corrected chi connectivity index (χ3v) is 10.4. The minimum Gasteiger partial charge on any atom is -0.462 e. The minimum atomic E-state index is -0.858. The molecule has 4 fully saturated rings. The maximum atomic E-state index is 12.2. The van der Waals surface area contributed by atoms with Crippen molar-refractivity contribution < 1.29 is 29.3 Å². The van der Waals surface area contributed by atoms with Gasteiger partial charge < -0.3 is 19.7 Å². The number of aliphatic hydroxyl groups is 2. The van der Waals surface area contributed by atoms with Crippen LogP contribution in [-0.4, -0.2) is 46.1 Å². The lowest BCUT2D eigenvalue weighted by Crippen LogP contribution is -2.67. The van der Waals surface area contributed by atoms with E-state index in [9.17, 15) is 19.8 Å². The number of hydrogen-bond donors (Lipinski definition) is 2. The summed E-state index contributed by atoms with van der Waals surface area (Å²) in [6.45, 7) is 6.21. The summed E-state index contributed by atoms with van der Waals surface area (Å²) in [4.78, 5) is 23.2. The molecular formula is C25H36O6.